The lowest BCUT2D eigenvalue weighted by atomic mass is 10.3. The Kier molecular flexibility index (Phi) is 4.75. The first-order chi connectivity index (χ1) is 11.8. The number of nitrogens with zero attached hydrogens (tertiary/aromatic N) is 6. The number of nitrogens with one attached hydrogen (secondary N) is 1. The van der Waals surface area contributed by atoms with Gasteiger partial charge in [-0.3, -0.25) is 9.69 Å². The predicted octanol–water partition coefficient (Wildman–Crippen LogP) is 0.719. The summed E-state index contributed by atoms with van der Waals surface area (Å²) < 4.78 is 39.2. The molecule has 1 aliphatic heterocycles. The van der Waals surface area contributed by atoms with E-state index in [0.717, 1.165) is 13.1 Å². The number of piperazine rings is 1. The number of anilines is 1. The summed E-state index contributed by atoms with van der Waals surface area (Å²) >= 11 is 0. The van der Waals surface area contributed by atoms with Crippen LogP contribution in [0.3, 0.4) is 0 Å². The number of hydrogen-bond donors (Lipinski definition) is 1. The van der Waals surface area contributed by atoms with E-state index in [1.54, 1.807) is 17.9 Å². The van der Waals surface area contributed by atoms with Crippen LogP contribution >= 0.6 is 0 Å². The van der Waals surface area contributed by atoms with Crippen molar-refractivity contribution < 1.29 is 18.0 Å². The largest absolute Gasteiger partial charge is 0.453 e. The molecule has 2 aromatic heterocycles. The maximum atomic E-state index is 12.8. The molecule has 1 amide bonds. The Morgan fingerprint density at radius 2 is 1.92 bits per heavy atom. The van der Waals surface area contributed by atoms with Crippen molar-refractivity contribution in [3.8, 4) is 0 Å². The molecule has 3 rings (SSSR count). The van der Waals surface area contributed by atoms with Crippen molar-refractivity contribution in [2.75, 3.05) is 44.6 Å². The Bertz CT molecular complexity index is 752. The van der Waals surface area contributed by atoms with Gasteiger partial charge >= 0.3 is 6.18 Å². The fourth-order valence-corrected chi connectivity index (χ4v) is 2.69. The molecule has 1 fully saturated rings. The SMILES string of the molecule is CC(=O)N1CCN(CCNc2ccc3nnc(C(F)(F)F)n3n2)CC1. The highest BCUT2D eigenvalue weighted by atomic mass is 19.4. The minimum absolute atomic E-state index is 0.0400. The van der Waals surface area contributed by atoms with Gasteiger partial charge in [0.05, 0.1) is 0 Å². The van der Waals surface area contributed by atoms with Crippen LogP contribution in [0.15, 0.2) is 12.1 Å². The topological polar surface area (TPSA) is 78.7 Å². The van der Waals surface area contributed by atoms with Crippen LogP contribution in [0.2, 0.25) is 0 Å². The van der Waals surface area contributed by atoms with Crippen LogP contribution in [0.5, 0.6) is 0 Å². The second-order valence-electron chi connectivity index (χ2n) is 5.78. The van der Waals surface area contributed by atoms with Crippen molar-refractivity contribution in [1.82, 2.24) is 29.6 Å². The van der Waals surface area contributed by atoms with Crippen molar-refractivity contribution in [2.24, 2.45) is 0 Å². The number of carbonyl (C=O) groups is 1. The van der Waals surface area contributed by atoms with Crippen LogP contribution in [0.25, 0.3) is 5.65 Å². The number of fused-ring (bicyclic) bond motifs is 1. The van der Waals surface area contributed by atoms with Crippen LogP contribution in [-0.4, -0.2) is 74.8 Å². The summed E-state index contributed by atoms with van der Waals surface area (Å²) in [4.78, 5) is 15.3. The van der Waals surface area contributed by atoms with E-state index < -0.39 is 12.0 Å². The molecule has 0 atom stereocenters. The van der Waals surface area contributed by atoms with E-state index in [2.05, 4.69) is 25.5 Å². The summed E-state index contributed by atoms with van der Waals surface area (Å²) in [5, 5.41) is 13.5. The van der Waals surface area contributed by atoms with Crippen LogP contribution in [0.1, 0.15) is 12.7 Å². The first kappa shape index (κ1) is 17.4. The minimum atomic E-state index is -4.61. The van der Waals surface area contributed by atoms with E-state index in [1.807, 2.05) is 0 Å². The molecule has 0 unspecified atom stereocenters. The van der Waals surface area contributed by atoms with E-state index >= 15 is 0 Å². The van der Waals surface area contributed by atoms with Gasteiger partial charge in [-0.05, 0) is 12.1 Å². The number of carbonyl (C=O) groups excluding carboxylic acids is 1. The van der Waals surface area contributed by atoms with E-state index in [0.29, 0.717) is 36.5 Å². The van der Waals surface area contributed by atoms with Crippen LogP contribution in [-0.2, 0) is 11.0 Å². The van der Waals surface area contributed by atoms with Gasteiger partial charge in [-0.2, -0.15) is 17.7 Å². The highest BCUT2D eigenvalue weighted by molar-refractivity contribution is 5.73. The van der Waals surface area contributed by atoms with Crippen molar-refractivity contribution in [3.63, 3.8) is 0 Å². The smallest absolute Gasteiger partial charge is 0.367 e. The van der Waals surface area contributed by atoms with E-state index in [9.17, 15) is 18.0 Å². The van der Waals surface area contributed by atoms with Gasteiger partial charge in [0.2, 0.25) is 5.91 Å². The van der Waals surface area contributed by atoms with Gasteiger partial charge in [0, 0.05) is 46.2 Å². The molecule has 1 aliphatic rings. The molecule has 3 heterocycles. The highest BCUT2D eigenvalue weighted by Crippen LogP contribution is 2.27. The van der Waals surface area contributed by atoms with Gasteiger partial charge in [0.1, 0.15) is 5.82 Å². The molecule has 1 N–H and O–H groups in total. The zero-order valence-corrected chi connectivity index (χ0v) is 13.6. The molecule has 0 aromatic carbocycles. The standard InChI is InChI=1S/C14H18F3N7O/c1-10(25)23-8-6-22(7-9-23)5-4-18-11-2-3-12-19-20-13(14(15,16)17)24(12)21-11/h2-3H,4-9H2,1H3,(H,18,21). The first-order valence-corrected chi connectivity index (χ1v) is 7.86. The van der Waals surface area contributed by atoms with Crippen molar-refractivity contribution in [2.45, 2.75) is 13.1 Å². The Labute approximate surface area is 141 Å². The monoisotopic (exact) mass is 357 g/mol. The number of halogens is 3. The first-order valence-electron chi connectivity index (χ1n) is 7.86. The second-order valence-corrected chi connectivity index (χ2v) is 5.78. The molecular formula is C14H18F3N7O. The van der Waals surface area contributed by atoms with Crippen molar-refractivity contribution in [3.05, 3.63) is 18.0 Å². The Morgan fingerprint density at radius 1 is 1.20 bits per heavy atom. The average Bonchev–Trinajstić information content (AvgIpc) is 2.99. The number of amides is 1. The second kappa shape index (κ2) is 6.82. The number of aromatic nitrogens is 4. The molecule has 0 spiro atoms. The maximum absolute atomic E-state index is 12.8. The quantitative estimate of drug-likeness (QED) is 0.869. The summed E-state index contributed by atoms with van der Waals surface area (Å²) in [6, 6.07) is 3.00. The Balaban J connectivity index is 1.56. The zero-order chi connectivity index (χ0) is 18.0. The molecule has 0 saturated carbocycles. The fourth-order valence-electron chi connectivity index (χ4n) is 2.69. The lowest BCUT2D eigenvalue weighted by molar-refractivity contribution is -0.146. The maximum Gasteiger partial charge on any atom is 0.453 e. The lowest BCUT2D eigenvalue weighted by Crippen LogP contribution is -2.49. The highest BCUT2D eigenvalue weighted by Gasteiger charge is 2.37. The molecule has 0 bridgehead atoms. The summed E-state index contributed by atoms with van der Waals surface area (Å²) in [7, 11) is 0. The average molecular weight is 357 g/mol. The van der Waals surface area contributed by atoms with Gasteiger partial charge < -0.3 is 10.2 Å². The van der Waals surface area contributed by atoms with Gasteiger partial charge in [0.25, 0.3) is 5.82 Å². The van der Waals surface area contributed by atoms with E-state index in [-0.39, 0.29) is 11.6 Å². The van der Waals surface area contributed by atoms with Crippen molar-refractivity contribution in [1.29, 1.82) is 0 Å². The van der Waals surface area contributed by atoms with Crippen LogP contribution < -0.4 is 5.32 Å². The van der Waals surface area contributed by atoms with E-state index in [4.69, 9.17) is 0 Å². The molecule has 136 valence electrons. The molecule has 11 heteroatoms. The Morgan fingerprint density at radius 3 is 2.56 bits per heavy atom. The molecule has 25 heavy (non-hydrogen) atoms. The predicted molar refractivity (Wildman–Crippen MR) is 83.0 cm³/mol. The molecule has 0 radical (unpaired) electrons. The normalized spacial score (nSPS) is 16.4. The molecular weight excluding hydrogens is 339 g/mol. The summed E-state index contributed by atoms with van der Waals surface area (Å²) in [5.41, 5.74) is 0.0400. The lowest BCUT2D eigenvalue weighted by Gasteiger charge is -2.34. The summed E-state index contributed by atoms with van der Waals surface area (Å²) in [5.74, 6) is -0.753. The zero-order valence-electron chi connectivity index (χ0n) is 13.6. The number of rotatable bonds is 4. The molecule has 8 nitrogen and oxygen atoms in total. The summed E-state index contributed by atoms with van der Waals surface area (Å²) in [6.07, 6.45) is -4.61. The van der Waals surface area contributed by atoms with Crippen LogP contribution in [0, 0.1) is 0 Å². The number of alkyl halides is 3. The minimum Gasteiger partial charge on any atom is -0.367 e. The van der Waals surface area contributed by atoms with Crippen LogP contribution in [0.4, 0.5) is 19.0 Å². The van der Waals surface area contributed by atoms with Gasteiger partial charge in [-0.15, -0.1) is 15.3 Å². The Hall–Kier alpha value is -2.43. The molecule has 0 aliphatic carbocycles. The van der Waals surface area contributed by atoms with E-state index in [1.165, 1.54) is 6.07 Å². The third-order valence-electron chi connectivity index (χ3n) is 4.07. The van der Waals surface area contributed by atoms with Crippen molar-refractivity contribution >= 4 is 17.4 Å². The van der Waals surface area contributed by atoms with Gasteiger partial charge in [0.15, 0.2) is 5.65 Å². The van der Waals surface area contributed by atoms with Gasteiger partial charge in [-0.25, -0.2) is 0 Å². The molecule has 1 saturated heterocycles. The third-order valence-corrected chi connectivity index (χ3v) is 4.07. The van der Waals surface area contributed by atoms with Gasteiger partial charge in [-0.1, -0.05) is 0 Å². The number of hydrogen-bond acceptors (Lipinski definition) is 6. The third kappa shape index (κ3) is 3.98. The fraction of sp³-hybridized carbons (Fsp3) is 0.571. The summed E-state index contributed by atoms with van der Waals surface area (Å²) in [6.45, 7) is 5.72. The molecule has 2 aromatic rings.